The van der Waals surface area contributed by atoms with E-state index in [9.17, 15) is 4.79 Å². The summed E-state index contributed by atoms with van der Waals surface area (Å²) in [7, 11) is 0. The summed E-state index contributed by atoms with van der Waals surface area (Å²) in [4.78, 5) is 11.7. The molecule has 1 heterocycles. The highest BCUT2D eigenvalue weighted by atomic mass is 16.5. The van der Waals surface area contributed by atoms with Crippen molar-refractivity contribution in [1.82, 2.24) is 9.78 Å². The zero-order chi connectivity index (χ0) is 13.1. The molecule has 0 saturated heterocycles. The third kappa shape index (κ3) is 2.74. The first kappa shape index (κ1) is 13.1. The van der Waals surface area contributed by atoms with Gasteiger partial charge in [0.15, 0.2) is 0 Å². The van der Waals surface area contributed by atoms with Crippen molar-refractivity contribution in [3.8, 4) is 0 Å². The van der Waals surface area contributed by atoms with E-state index in [1.807, 2.05) is 13.8 Å². The molecule has 2 rings (SSSR count). The van der Waals surface area contributed by atoms with Gasteiger partial charge < -0.3 is 4.74 Å². The van der Waals surface area contributed by atoms with Gasteiger partial charge >= 0.3 is 5.97 Å². The van der Waals surface area contributed by atoms with Gasteiger partial charge in [0, 0.05) is 6.20 Å². The van der Waals surface area contributed by atoms with Crippen molar-refractivity contribution < 1.29 is 9.53 Å². The maximum atomic E-state index is 11.7. The highest BCUT2D eigenvalue weighted by Gasteiger charge is 2.28. The molecule has 0 spiro atoms. The first-order valence-electron chi connectivity index (χ1n) is 6.80. The molecule has 4 nitrogen and oxygen atoms in total. The molecule has 0 aromatic carbocycles. The van der Waals surface area contributed by atoms with Gasteiger partial charge in [-0.2, -0.15) is 5.10 Å². The van der Waals surface area contributed by atoms with E-state index >= 15 is 0 Å². The molecule has 1 saturated carbocycles. The first-order chi connectivity index (χ1) is 8.61. The Morgan fingerprint density at radius 2 is 2.06 bits per heavy atom. The molecule has 0 aliphatic heterocycles. The van der Waals surface area contributed by atoms with Crippen molar-refractivity contribution in [1.29, 1.82) is 0 Å². The molecule has 4 heteroatoms. The Morgan fingerprint density at radius 1 is 1.39 bits per heavy atom. The summed E-state index contributed by atoms with van der Waals surface area (Å²) >= 11 is 0. The maximum Gasteiger partial charge on any atom is 0.308 e. The highest BCUT2D eigenvalue weighted by Crippen LogP contribution is 2.32. The van der Waals surface area contributed by atoms with Gasteiger partial charge in [-0.05, 0) is 52.0 Å². The highest BCUT2D eigenvalue weighted by molar-refractivity contribution is 5.72. The number of carbonyl (C=O) groups excluding carboxylic acids is 1. The molecule has 0 atom stereocenters. The maximum absolute atomic E-state index is 11.7. The molecule has 1 aliphatic carbocycles. The zero-order valence-corrected chi connectivity index (χ0v) is 11.5. The summed E-state index contributed by atoms with van der Waals surface area (Å²) in [6, 6.07) is 0.447. The van der Waals surface area contributed by atoms with Crippen LogP contribution in [0, 0.1) is 19.8 Å². The van der Waals surface area contributed by atoms with Crippen LogP contribution in [0.3, 0.4) is 0 Å². The van der Waals surface area contributed by atoms with E-state index in [-0.39, 0.29) is 11.9 Å². The lowest BCUT2D eigenvalue weighted by atomic mass is 9.86. The van der Waals surface area contributed by atoms with Crippen molar-refractivity contribution in [2.75, 3.05) is 6.61 Å². The first-order valence-corrected chi connectivity index (χ1v) is 6.80. The minimum absolute atomic E-state index is 0.0243. The molecular formula is C14H22N2O2. The molecule has 0 bridgehead atoms. The Morgan fingerprint density at radius 3 is 2.56 bits per heavy atom. The van der Waals surface area contributed by atoms with Gasteiger partial charge in [-0.15, -0.1) is 0 Å². The molecule has 1 aliphatic rings. The predicted molar refractivity (Wildman–Crippen MR) is 69.3 cm³/mol. The Labute approximate surface area is 108 Å². The van der Waals surface area contributed by atoms with Crippen LogP contribution in [0.25, 0.3) is 0 Å². The average molecular weight is 250 g/mol. The number of esters is 1. The van der Waals surface area contributed by atoms with Crippen molar-refractivity contribution in [3.63, 3.8) is 0 Å². The molecular weight excluding hydrogens is 228 g/mol. The van der Waals surface area contributed by atoms with Crippen LogP contribution < -0.4 is 0 Å². The Balaban J connectivity index is 1.92. The largest absolute Gasteiger partial charge is 0.466 e. The number of hydrogen-bond donors (Lipinski definition) is 0. The molecule has 0 radical (unpaired) electrons. The average Bonchev–Trinajstić information content (AvgIpc) is 2.70. The third-order valence-electron chi connectivity index (χ3n) is 3.85. The van der Waals surface area contributed by atoms with Crippen molar-refractivity contribution in [3.05, 3.63) is 17.5 Å². The lowest BCUT2D eigenvalue weighted by molar-refractivity contribution is -0.149. The molecule has 1 aromatic rings. The van der Waals surface area contributed by atoms with E-state index in [1.165, 1.54) is 5.56 Å². The molecule has 100 valence electrons. The van der Waals surface area contributed by atoms with E-state index in [1.54, 1.807) is 0 Å². The minimum atomic E-state index is -0.0243. The number of ether oxygens (including phenoxy) is 1. The van der Waals surface area contributed by atoms with Gasteiger partial charge in [-0.1, -0.05) is 0 Å². The molecule has 0 amide bonds. The van der Waals surface area contributed by atoms with Gasteiger partial charge in [0.05, 0.1) is 24.3 Å². The lowest BCUT2D eigenvalue weighted by Crippen LogP contribution is -2.25. The summed E-state index contributed by atoms with van der Waals surface area (Å²) in [6.07, 6.45) is 5.99. The predicted octanol–water partition coefficient (Wildman–Crippen LogP) is 2.79. The van der Waals surface area contributed by atoms with Gasteiger partial charge in [-0.3, -0.25) is 9.48 Å². The molecule has 0 N–H and O–H groups in total. The number of nitrogens with zero attached hydrogens (tertiary/aromatic N) is 2. The molecule has 1 fully saturated rings. The lowest BCUT2D eigenvalue weighted by Gasteiger charge is -2.27. The molecule has 1 aromatic heterocycles. The number of carbonyl (C=O) groups is 1. The van der Waals surface area contributed by atoms with E-state index < -0.39 is 0 Å². The van der Waals surface area contributed by atoms with Crippen LogP contribution in [-0.2, 0) is 9.53 Å². The topological polar surface area (TPSA) is 44.1 Å². The number of rotatable bonds is 3. The van der Waals surface area contributed by atoms with Crippen LogP contribution >= 0.6 is 0 Å². The third-order valence-corrected chi connectivity index (χ3v) is 3.85. The van der Waals surface area contributed by atoms with Gasteiger partial charge in [0.1, 0.15) is 0 Å². The Kier molecular flexibility index (Phi) is 4.04. The fourth-order valence-electron chi connectivity index (χ4n) is 2.60. The van der Waals surface area contributed by atoms with Crippen LogP contribution in [0.5, 0.6) is 0 Å². The van der Waals surface area contributed by atoms with Gasteiger partial charge in [0.2, 0.25) is 0 Å². The quantitative estimate of drug-likeness (QED) is 0.775. The summed E-state index contributed by atoms with van der Waals surface area (Å²) in [5.74, 6) is 0.0720. The van der Waals surface area contributed by atoms with Crippen molar-refractivity contribution >= 4 is 5.97 Å². The number of aryl methyl sites for hydroxylation is 2. The summed E-state index contributed by atoms with van der Waals surface area (Å²) < 4.78 is 7.16. The van der Waals surface area contributed by atoms with E-state index in [0.29, 0.717) is 12.6 Å². The van der Waals surface area contributed by atoms with Crippen molar-refractivity contribution in [2.24, 2.45) is 5.92 Å². The van der Waals surface area contributed by atoms with Crippen LogP contribution in [0.15, 0.2) is 6.20 Å². The smallest absolute Gasteiger partial charge is 0.308 e. The van der Waals surface area contributed by atoms with Gasteiger partial charge in [-0.25, -0.2) is 0 Å². The zero-order valence-electron chi connectivity index (χ0n) is 11.5. The van der Waals surface area contributed by atoms with Gasteiger partial charge in [0.25, 0.3) is 0 Å². The summed E-state index contributed by atoms with van der Waals surface area (Å²) in [6.45, 7) is 6.47. The second-order valence-corrected chi connectivity index (χ2v) is 5.14. The normalized spacial score (nSPS) is 23.9. The van der Waals surface area contributed by atoms with E-state index in [2.05, 4.69) is 22.9 Å². The minimum Gasteiger partial charge on any atom is -0.466 e. The van der Waals surface area contributed by atoms with Crippen LogP contribution in [0.1, 0.15) is 49.9 Å². The Hall–Kier alpha value is -1.32. The fraction of sp³-hybridized carbons (Fsp3) is 0.714. The van der Waals surface area contributed by atoms with Crippen LogP contribution in [0.2, 0.25) is 0 Å². The summed E-state index contributed by atoms with van der Waals surface area (Å²) in [5, 5.41) is 4.54. The SMILES string of the molecule is CCOC(=O)C1CCC(n2cc(C)c(C)n2)CC1. The second kappa shape index (κ2) is 5.55. The monoisotopic (exact) mass is 250 g/mol. The molecule has 0 unspecified atom stereocenters. The number of aromatic nitrogens is 2. The molecule has 18 heavy (non-hydrogen) atoms. The summed E-state index contributed by atoms with van der Waals surface area (Å²) in [5.41, 5.74) is 2.34. The van der Waals surface area contributed by atoms with E-state index in [4.69, 9.17) is 4.74 Å². The second-order valence-electron chi connectivity index (χ2n) is 5.14. The number of hydrogen-bond acceptors (Lipinski definition) is 3. The van der Waals surface area contributed by atoms with Crippen LogP contribution in [-0.4, -0.2) is 22.4 Å². The van der Waals surface area contributed by atoms with Crippen molar-refractivity contribution in [2.45, 2.75) is 52.5 Å². The Bertz CT molecular complexity index is 398. The van der Waals surface area contributed by atoms with E-state index in [0.717, 1.165) is 31.4 Å². The van der Waals surface area contributed by atoms with Crippen LogP contribution in [0.4, 0.5) is 0 Å². The standard InChI is InChI=1S/C14H22N2O2/c1-4-18-14(17)12-5-7-13(8-6-12)16-9-10(2)11(3)15-16/h9,12-13H,4-8H2,1-3H3. The fourth-order valence-corrected chi connectivity index (χ4v) is 2.60.